The molecule has 0 aliphatic rings. The molecule has 0 aliphatic heterocycles. The first kappa shape index (κ1) is 11.7. The molecule has 80 valence electrons. The summed E-state index contributed by atoms with van der Waals surface area (Å²) in [5.74, 6) is -0.228. The highest BCUT2D eigenvalue weighted by Gasteiger charge is 2.15. The molecule has 1 N–H and O–H groups in total. The molecule has 0 amide bonds. The van der Waals surface area contributed by atoms with E-state index in [1.54, 1.807) is 6.07 Å². The fourth-order valence-electron chi connectivity index (χ4n) is 1.21. The highest BCUT2D eigenvalue weighted by Crippen LogP contribution is 2.11. The van der Waals surface area contributed by atoms with Crippen LogP contribution in [-0.2, 0) is 6.54 Å². The first-order valence-corrected chi connectivity index (χ1v) is 4.90. The third-order valence-electron chi connectivity index (χ3n) is 2.09. The van der Waals surface area contributed by atoms with Gasteiger partial charge in [0.2, 0.25) is 0 Å². The normalized spacial score (nSPS) is 11.1. The van der Waals surface area contributed by atoms with Crippen molar-refractivity contribution in [3.05, 3.63) is 35.6 Å². The molecule has 0 atom stereocenters. The first-order valence-electron chi connectivity index (χ1n) is 4.90. The molecule has 0 saturated heterocycles. The Kier molecular flexibility index (Phi) is 3.81. The van der Waals surface area contributed by atoms with Gasteiger partial charge >= 0.3 is 0 Å². The SMILES string of the molecule is CC(C)(C#N)CNCc1cccc(F)c1. The number of nitriles is 1. The van der Waals surface area contributed by atoms with Crippen molar-refractivity contribution in [3.8, 4) is 6.07 Å². The van der Waals surface area contributed by atoms with Crippen molar-refractivity contribution in [2.24, 2.45) is 5.41 Å². The number of benzene rings is 1. The van der Waals surface area contributed by atoms with Crippen molar-refractivity contribution in [3.63, 3.8) is 0 Å². The third-order valence-corrected chi connectivity index (χ3v) is 2.09. The fraction of sp³-hybridized carbons (Fsp3) is 0.417. The molecular weight excluding hydrogens is 191 g/mol. The summed E-state index contributed by atoms with van der Waals surface area (Å²) >= 11 is 0. The molecule has 0 fully saturated rings. The van der Waals surface area contributed by atoms with Gasteiger partial charge in [-0.2, -0.15) is 5.26 Å². The Morgan fingerprint density at radius 2 is 2.20 bits per heavy atom. The summed E-state index contributed by atoms with van der Waals surface area (Å²) in [7, 11) is 0. The topological polar surface area (TPSA) is 35.8 Å². The van der Waals surface area contributed by atoms with Gasteiger partial charge in [-0.05, 0) is 31.5 Å². The van der Waals surface area contributed by atoms with E-state index in [1.807, 2.05) is 19.9 Å². The van der Waals surface area contributed by atoms with Crippen molar-refractivity contribution in [1.29, 1.82) is 5.26 Å². The van der Waals surface area contributed by atoms with Crippen molar-refractivity contribution in [1.82, 2.24) is 5.32 Å². The van der Waals surface area contributed by atoms with Gasteiger partial charge in [0.1, 0.15) is 5.82 Å². The quantitative estimate of drug-likeness (QED) is 0.821. The number of nitrogens with one attached hydrogen (secondary N) is 1. The second-order valence-electron chi connectivity index (χ2n) is 4.23. The van der Waals surface area contributed by atoms with Crippen LogP contribution in [0.1, 0.15) is 19.4 Å². The summed E-state index contributed by atoms with van der Waals surface area (Å²) < 4.78 is 12.8. The van der Waals surface area contributed by atoms with Crippen molar-refractivity contribution in [2.45, 2.75) is 20.4 Å². The van der Waals surface area contributed by atoms with Crippen LogP contribution in [0.2, 0.25) is 0 Å². The summed E-state index contributed by atoms with van der Waals surface area (Å²) in [6.45, 7) is 4.92. The molecule has 1 aromatic carbocycles. The second-order valence-corrected chi connectivity index (χ2v) is 4.23. The Hall–Kier alpha value is -1.40. The van der Waals surface area contributed by atoms with Gasteiger partial charge in [-0.25, -0.2) is 4.39 Å². The Labute approximate surface area is 89.7 Å². The van der Waals surface area contributed by atoms with Crippen LogP contribution < -0.4 is 5.32 Å². The Bertz CT molecular complexity index is 366. The second kappa shape index (κ2) is 4.90. The number of hydrogen-bond acceptors (Lipinski definition) is 2. The molecule has 0 aromatic heterocycles. The van der Waals surface area contributed by atoms with Crippen LogP contribution in [-0.4, -0.2) is 6.54 Å². The maximum absolute atomic E-state index is 12.8. The zero-order valence-corrected chi connectivity index (χ0v) is 9.05. The summed E-state index contributed by atoms with van der Waals surface area (Å²) in [5.41, 5.74) is 0.511. The van der Waals surface area contributed by atoms with Crippen LogP contribution >= 0.6 is 0 Å². The highest BCUT2D eigenvalue weighted by atomic mass is 19.1. The molecule has 15 heavy (non-hydrogen) atoms. The molecule has 0 aliphatic carbocycles. The van der Waals surface area contributed by atoms with Crippen LogP contribution in [0.4, 0.5) is 4.39 Å². The van der Waals surface area contributed by atoms with Gasteiger partial charge in [0.25, 0.3) is 0 Å². The summed E-state index contributed by atoms with van der Waals surface area (Å²) in [6.07, 6.45) is 0. The smallest absolute Gasteiger partial charge is 0.123 e. The molecule has 0 unspecified atom stereocenters. The Morgan fingerprint density at radius 1 is 1.47 bits per heavy atom. The number of hydrogen-bond donors (Lipinski definition) is 1. The molecule has 0 heterocycles. The van der Waals surface area contributed by atoms with E-state index in [4.69, 9.17) is 5.26 Å². The Morgan fingerprint density at radius 3 is 2.80 bits per heavy atom. The number of halogens is 1. The average Bonchev–Trinajstić information content (AvgIpc) is 2.18. The third kappa shape index (κ3) is 4.09. The molecule has 0 radical (unpaired) electrons. The molecule has 0 bridgehead atoms. The molecular formula is C12H15FN2. The van der Waals surface area contributed by atoms with E-state index < -0.39 is 0 Å². The van der Waals surface area contributed by atoms with Crippen molar-refractivity contribution < 1.29 is 4.39 Å². The van der Waals surface area contributed by atoms with Gasteiger partial charge in [-0.1, -0.05) is 12.1 Å². The molecule has 3 heteroatoms. The monoisotopic (exact) mass is 206 g/mol. The van der Waals surface area contributed by atoms with E-state index in [0.29, 0.717) is 13.1 Å². The lowest BCUT2D eigenvalue weighted by Gasteiger charge is -2.15. The van der Waals surface area contributed by atoms with Crippen LogP contribution in [0.3, 0.4) is 0 Å². The predicted octanol–water partition coefficient (Wildman–Crippen LogP) is 2.47. The Balaban J connectivity index is 2.42. The minimum Gasteiger partial charge on any atom is -0.311 e. The zero-order valence-electron chi connectivity index (χ0n) is 9.05. The lowest BCUT2D eigenvalue weighted by Crippen LogP contribution is -2.27. The van der Waals surface area contributed by atoms with E-state index in [2.05, 4.69) is 11.4 Å². The summed E-state index contributed by atoms with van der Waals surface area (Å²) in [4.78, 5) is 0. The minimum absolute atomic E-state index is 0.228. The standard InChI is InChI=1S/C12H15FN2/c1-12(2,8-14)9-15-7-10-4-3-5-11(13)6-10/h3-6,15H,7,9H2,1-2H3. The maximum atomic E-state index is 12.8. The number of nitrogens with zero attached hydrogens (tertiary/aromatic N) is 1. The van der Waals surface area contributed by atoms with Gasteiger partial charge in [0.15, 0.2) is 0 Å². The van der Waals surface area contributed by atoms with Crippen molar-refractivity contribution in [2.75, 3.05) is 6.54 Å². The van der Waals surface area contributed by atoms with Gasteiger partial charge < -0.3 is 5.32 Å². The lowest BCUT2D eigenvalue weighted by atomic mass is 9.96. The fourth-order valence-corrected chi connectivity index (χ4v) is 1.21. The average molecular weight is 206 g/mol. The highest BCUT2D eigenvalue weighted by molar-refractivity contribution is 5.16. The van der Waals surface area contributed by atoms with E-state index >= 15 is 0 Å². The molecule has 0 saturated carbocycles. The largest absolute Gasteiger partial charge is 0.311 e. The van der Waals surface area contributed by atoms with E-state index in [1.165, 1.54) is 12.1 Å². The molecule has 1 rings (SSSR count). The van der Waals surface area contributed by atoms with Gasteiger partial charge in [-0.15, -0.1) is 0 Å². The molecule has 2 nitrogen and oxygen atoms in total. The maximum Gasteiger partial charge on any atom is 0.123 e. The van der Waals surface area contributed by atoms with Crippen LogP contribution in [0.25, 0.3) is 0 Å². The van der Waals surface area contributed by atoms with E-state index in [0.717, 1.165) is 5.56 Å². The van der Waals surface area contributed by atoms with Crippen LogP contribution in [0.15, 0.2) is 24.3 Å². The van der Waals surface area contributed by atoms with Gasteiger partial charge in [0, 0.05) is 13.1 Å². The van der Waals surface area contributed by atoms with Crippen LogP contribution in [0, 0.1) is 22.6 Å². The number of rotatable bonds is 4. The summed E-state index contributed by atoms with van der Waals surface area (Å²) in [5, 5.41) is 11.9. The lowest BCUT2D eigenvalue weighted by molar-refractivity contribution is 0.444. The van der Waals surface area contributed by atoms with Gasteiger partial charge in [-0.3, -0.25) is 0 Å². The first-order chi connectivity index (χ1) is 7.03. The van der Waals surface area contributed by atoms with Crippen molar-refractivity contribution >= 4 is 0 Å². The van der Waals surface area contributed by atoms with Crippen LogP contribution in [0.5, 0.6) is 0 Å². The minimum atomic E-state index is -0.382. The predicted molar refractivity (Wildman–Crippen MR) is 57.5 cm³/mol. The summed E-state index contributed by atoms with van der Waals surface area (Å²) in [6, 6.07) is 8.65. The van der Waals surface area contributed by atoms with Gasteiger partial charge in [0.05, 0.1) is 11.5 Å². The van der Waals surface area contributed by atoms with E-state index in [9.17, 15) is 4.39 Å². The van der Waals surface area contributed by atoms with E-state index in [-0.39, 0.29) is 11.2 Å². The molecule has 1 aromatic rings. The zero-order chi connectivity index (χ0) is 11.3. The molecule has 0 spiro atoms.